The summed E-state index contributed by atoms with van der Waals surface area (Å²) in [6.07, 6.45) is 0. The van der Waals surface area contributed by atoms with Crippen LogP contribution in [0.4, 0.5) is 5.69 Å². The maximum atomic E-state index is 11.4. The minimum atomic E-state index is 0.0544. The third kappa shape index (κ3) is 4.93. The average Bonchev–Trinajstić information content (AvgIpc) is 2.38. The molecule has 0 unspecified atom stereocenters. The van der Waals surface area contributed by atoms with E-state index in [-0.39, 0.29) is 5.78 Å². The lowest BCUT2D eigenvalue weighted by Gasteiger charge is -2.24. The molecule has 19 heavy (non-hydrogen) atoms. The van der Waals surface area contributed by atoms with Gasteiger partial charge in [-0.05, 0) is 41.1 Å². The van der Waals surface area contributed by atoms with E-state index in [9.17, 15) is 4.79 Å². The van der Waals surface area contributed by atoms with Gasteiger partial charge in [0.2, 0.25) is 0 Å². The van der Waals surface area contributed by atoms with Crippen LogP contribution in [0.15, 0.2) is 22.7 Å². The van der Waals surface area contributed by atoms with E-state index < -0.39 is 0 Å². The molecule has 0 bridgehead atoms. The lowest BCUT2D eigenvalue weighted by atomic mass is 10.1. The normalized spacial score (nSPS) is 10.5. The van der Waals surface area contributed by atoms with Crippen LogP contribution in [0.3, 0.4) is 0 Å². The van der Waals surface area contributed by atoms with Crippen molar-refractivity contribution in [3.63, 3.8) is 0 Å². The Kier molecular flexibility index (Phi) is 7.05. The Hall–Kier alpha value is -0.910. The molecule has 1 aromatic carbocycles. The number of hydrogen-bond acceptors (Lipinski definition) is 4. The summed E-state index contributed by atoms with van der Waals surface area (Å²) in [4.78, 5) is 13.6. The first kappa shape index (κ1) is 16.1. The molecule has 0 radical (unpaired) electrons. The fourth-order valence-electron chi connectivity index (χ4n) is 1.76. The van der Waals surface area contributed by atoms with E-state index in [1.165, 1.54) is 0 Å². The predicted octanol–water partition coefficient (Wildman–Crippen LogP) is 2.75. The summed E-state index contributed by atoms with van der Waals surface area (Å²) < 4.78 is 11.1. The first-order valence-electron chi connectivity index (χ1n) is 6.13. The van der Waals surface area contributed by atoms with E-state index in [4.69, 9.17) is 9.47 Å². The van der Waals surface area contributed by atoms with Crippen molar-refractivity contribution < 1.29 is 14.3 Å². The molecule has 0 aliphatic rings. The molecule has 0 saturated carbocycles. The van der Waals surface area contributed by atoms with Crippen molar-refractivity contribution in [2.75, 3.05) is 45.4 Å². The molecular weight excluding hydrogens is 310 g/mol. The molecule has 0 saturated heterocycles. The number of benzene rings is 1. The number of nitrogens with zero attached hydrogens (tertiary/aromatic N) is 1. The van der Waals surface area contributed by atoms with Gasteiger partial charge >= 0.3 is 0 Å². The summed E-state index contributed by atoms with van der Waals surface area (Å²) in [5.41, 5.74) is 1.74. The van der Waals surface area contributed by atoms with Crippen molar-refractivity contribution in [2.24, 2.45) is 0 Å². The summed E-state index contributed by atoms with van der Waals surface area (Å²) >= 11 is 3.44. The third-order valence-corrected chi connectivity index (χ3v) is 3.48. The van der Waals surface area contributed by atoms with Crippen LogP contribution < -0.4 is 4.90 Å². The fourth-order valence-corrected chi connectivity index (χ4v) is 2.41. The van der Waals surface area contributed by atoms with E-state index >= 15 is 0 Å². The molecule has 0 aromatic heterocycles. The first-order valence-corrected chi connectivity index (χ1v) is 6.92. The van der Waals surface area contributed by atoms with E-state index in [2.05, 4.69) is 20.8 Å². The fraction of sp³-hybridized carbons (Fsp3) is 0.500. The van der Waals surface area contributed by atoms with Gasteiger partial charge in [-0.2, -0.15) is 0 Å². The number of rotatable bonds is 8. The summed E-state index contributed by atoms with van der Waals surface area (Å²) in [6, 6.07) is 5.75. The highest BCUT2D eigenvalue weighted by Gasteiger charge is 2.10. The van der Waals surface area contributed by atoms with Gasteiger partial charge in [0.1, 0.15) is 0 Å². The van der Waals surface area contributed by atoms with Crippen molar-refractivity contribution in [1.82, 2.24) is 0 Å². The maximum absolute atomic E-state index is 11.4. The lowest BCUT2D eigenvalue weighted by molar-refractivity contribution is 0.101. The lowest BCUT2D eigenvalue weighted by Crippen LogP contribution is -2.30. The van der Waals surface area contributed by atoms with Gasteiger partial charge < -0.3 is 14.4 Å². The average molecular weight is 330 g/mol. The molecule has 5 heteroatoms. The van der Waals surface area contributed by atoms with Crippen molar-refractivity contribution >= 4 is 27.4 Å². The number of Topliss-reactive ketones (excluding diaryl/α,β-unsaturated/α-hetero) is 1. The Bertz CT molecular complexity index is 415. The van der Waals surface area contributed by atoms with E-state index in [0.717, 1.165) is 23.2 Å². The number of anilines is 1. The Morgan fingerprint density at radius 2 is 1.79 bits per heavy atom. The van der Waals surface area contributed by atoms with Crippen LogP contribution in [0.1, 0.15) is 17.3 Å². The van der Waals surface area contributed by atoms with Crippen LogP contribution in [0.25, 0.3) is 0 Å². The second-order valence-electron chi connectivity index (χ2n) is 4.19. The number of hydrogen-bond donors (Lipinski definition) is 0. The highest BCUT2D eigenvalue weighted by molar-refractivity contribution is 9.10. The first-order chi connectivity index (χ1) is 9.10. The number of carbonyl (C=O) groups excluding carboxylic acids is 1. The van der Waals surface area contributed by atoms with Crippen LogP contribution in [-0.4, -0.2) is 46.3 Å². The largest absolute Gasteiger partial charge is 0.383 e. The predicted molar refractivity (Wildman–Crippen MR) is 80.1 cm³/mol. The number of ketones is 1. The van der Waals surface area contributed by atoms with Gasteiger partial charge in [0, 0.05) is 43.0 Å². The monoisotopic (exact) mass is 329 g/mol. The number of methoxy groups -OCH3 is 2. The van der Waals surface area contributed by atoms with Crippen molar-refractivity contribution in [1.29, 1.82) is 0 Å². The molecule has 0 fully saturated rings. The molecule has 1 aromatic rings. The minimum Gasteiger partial charge on any atom is -0.383 e. The highest BCUT2D eigenvalue weighted by Crippen LogP contribution is 2.24. The smallest absolute Gasteiger partial charge is 0.160 e. The van der Waals surface area contributed by atoms with Crippen molar-refractivity contribution in [2.45, 2.75) is 6.92 Å². The molecule has 0 aliphatic heterocycles. The summed E-state index contributed by atoms with van der Waals surface area (Å²) in [7, 11) is 3.37. The number of carbonyl (C=O) groups is 1. The standard InChI is InChI=1S/C14H20BrNO3/c1-11(17)13-5-4-12(10-14(13)15)16(6-8-18-2)7-9-19-3/h4-5,10H,6-9H2,1-3H3. The Morgan fingerprint density at radius 1 is 1.21 bits per heavy atom. The number of halogens is 1. The molecule has 1 rings (SSSR count). The van der Waals surface area contributed by atoms with Crippen molar-refractivity contribution in [3.8, 4) is 0 Å². The van der Waals surface area contributed by atoms with Gasteiger partial charge in [-0.3, -0.25) is 4.79 Å². The SMILES string of the molecule is COCCN(CCOC)c1ccc(C(C)=O)c(Br)c1. The molecule has 0 aliphatic carbocycles. The maximum Gasteiger partial charge on any atom is 0.160 e. The van der Waals surface area contributed by atoms with Crippen LogP contribution in [-0.2, 0) is 9.47 Å². The second kappa shape index (κ2) is 8.30. The molecule has 106 valence electrons. The van der Waals surface area contributed by atoms with Crippen LogP contribution in [0, 0.1) is 0 Å². The van der Waals surface area contributed by atoms with Crippen molar-refractivity contribution in [3.05, 3.63) is 28.2 Å². The van der Waals surface area contributed by atoms with Crippen LogP contribution in [0.2, 0.25) is 0 Å². The van der Waals surface area contributed by atoms with Gasteiger partial charge in [-0.25, -0.2) is 0 Å². The van der Waals surface area contributed by atoms with Gasteiger partial charge in [0.05, 0.1) is 13.2 Å². The molecule has 0 atom stereocenters. The zero-order valence-electron chi connectivity index (χ0n) is 11.6. The van der Waals surface area contributed by atoms with Gasteiger partial charge in [0.15, 0.2) is 5.78 Å². The van der Waals surface area contributed by atoms with Crippen LogP contribution >= 0.6 is 15.9 Å². The molecule has 4 nitrogen and oxygen atoms in total. The Balaban J connectivity index is 2.88. The molecular formula is C14H20BrNO3. The molecule has 0 spiro atoms. The van der Waals surface area contributed by atoms with E-state index in [0.29, 0.717) is 18.8 Å². The zero-order valence-corrected chi connectivity index (χ0v) is 13.2. The summed E-state index contributed by atoms with van der Waals surface area (Å²) in [5.74, 6) is 0.0544. The zero-order chi connectivity index (χ0) is 14.3. The second-order valence-corrected chi connectivity index (χ2v) is 5.05. The third-order valence-electron chi connectivity index (χ3n) is 2.83. The van der Waals surface area contributed by atoms with Crippen LogP contribution in [0.5, 0.6) is 0 Å². The quantitative estimate of drug-likeness (QED) is 0.687. The highest BCUT2D eigenvalue weighted by atomic mass is 79.9. The van der Waals surface area contributed by atoms with Gasteiger partial charge in [-0.1, -0.05) is 0 Å². The summed E-state index contributed by atoms with van der Waals surface area (Å²) in [6.45, 7) is 4.43. The van der Waals surface area contributed by atoms with Gasteiger partial charge in [0.25, 0.3) is 0 Å². The Labute approximate surface area is 122 Å². The van der Waals surface area contributed by atoms with Gasteiger partial charge in [-0.15, -0.1) is 0 Å². The Morgan fingerprint density at radius 3 is 2.21 bits per heavy atom. The minimum absolute atomic E-state index is 0.0544. The summed E-state index contributed by atoms with van der Waals surface area (Å²) in [5, 5.41) is 0. The molecule has 0 heterocycles. The molecule has 0 amide bonds. The topological polar surface area (TPSA) is 38.8 Å². The molecule has 0 N–H and O–H groups in total. The number of ether oxygens (including phenoxy) is 2. The van der Waals surface area contributed by atoms with E-state index in [1.807, 2.05) is 18.2 Å². The van der Waals surface area contributed by atoms with E-state index in [1.54, 1.807) is 21.1 Å².